The quantitative estimate of drug-likeness (QED) is 0.0208. The third-order valence-electron chi connectivity index (χ3n) is 17.4. The van der Waals surface area contributed by atoms with Gasteiger partial charge in [-0.05, 0) is 57.8 Å². The van der Waals surface area contributed by atoms with Gasteiger partial charge < -0.3 is 136 Å². The molecule has 3 saturated heterocycles. The number of aliphatic hydroxyl groups excluding tert-OH is 9. The van der Waals surface area contributed by atoms with Crippen molar-refractivity contribution in [1.29, 1.82) is 0 Å². The minimum Gasteiger partial charge on any atom is -0.394 e. The zero-order valence-corrected chi connectivity index (χ0v) is 62.7. The largest absolute Gasteiger partial charge is 0.471 e. The van der Waals surface area contributed by atoms with Crippen LogP contribution in [0.3, 0.4) is 0 Å². The van der Waals surface area contributed by atoms with Crippen LogP contribution in [-0.2, 0) is 94.6 Å². The summed E-state index contributed by atoms with van der Waals surface area (Å²) in [5.74, 6) is -3.22. The van der Waals surface area contributed by atoms with Gasteiger partial charge in [-0.25, -0.2) is 4.57 Å². The number of aliphatic hydroxyl groups is 9. The lowest BCUT2D eigenvalue weighted by Crippen LogP contribution is -2.64. The van der Waals surface area contributed by atoms with E-state index in [0.717, 1.165) is 7.11 Å². The Bertz CT molecular complexity index is 2350. The lowest BCUT2D eigenvalue weighted by molar-refractivity contribution is -0.270. The SMILES string of the molecule is COP(=O)(O)OCCCCCCNC(=O)CCCC(=O)NC(COCCC(=O)NCCCCCCO[C@@H]1O[C@H](CO)[C@H](O)[C@H](O)[C@H]1NC(C)=O)(COCCC(=O)NCCCCCCO[C@@H]1O[C@H](CO)[C@H](O)[C@H](O)[C@H]1NC(C)=O)COCCC(=O)NCCCCCCO[C@@H]1O[C@H](CO)[C@H](O)[C@H](O)[C@H]1NC(C)=O. The molecule has 3 aliphatic heterocycles. The Hall–Kier alpha value is -4.85. The van der Waals surface area contributed by atoms with E-state index in [4.69, 9.17) is 47.2 Å². The molecule has 0 aromatic heterocycles. The van der Waals surface area contributed by atoms with Crippen molar-refractivity contribution in [3.05, 3.63) is 0 Å². The van der Waals surface area contributed by atoms with Crippen molar-refractivity contribution >= 4 is 55.1 Å². The van der Waals surface area contributed by atoms with Gasteiger partial charge in [0.1, 0.15) is 78.6 Å². The Balaban J connectivity index is 1.61. The van der Waals surface area contributed by atoms with Crippen molar-refractivity contribution in [2.24, 2.45) is 0 Å². The van der Waals surface area contributed by atoms with Crippen molar-refractivity contribution < 1.29 is 145 Å². The van der Waals surface area contributed by atoms with Crippen LogP contribution in [0.2, 0.25) is 0 Å². The van der Waals surface area contributed by atoms with Gasteiger partial charge in [0, 0.05) is 106 Å². The van der Waals surface area contributed by atoms with Gasteiger partial charge in [0.25, 0.3) is 0 Å². The van der Waals surface area contributed by atoms with Crippen LogP contribution in [0.15, 0.2) is 0 Å². The third-order valence-corrected chi connectivity index (χ3v) is 18.4. The summed E-state index contributed by atoms with van der Waals surface area (Å²) in [6, 6.07) is -3.20. The molecular formula is C67H123N8O30P. The minimum absolute atomic E-state index is 0.00317. The van der Waals surface area contributed by atoms with E-state index >= 15 is 0 Å². The lowest BCUT2D eigenvalue weighted by atomic mass is 9.97. The number of carbonyl (C=O) groups excluding carboxylic acids is 8. The normalized spacial score (nSPS) is 25.2. The number of phosphoric acid groups is 1. The van der Waals surface area contributed by atoms with E-state index in [1.165, 1.54) is 20.8 Å². The fourth-order valence-corrected chi connectivity index (χ4v) is 12.0. The summed E-state index contributed by atoms with van der Waals surface area (Å²) >= 11 is 0. The first-order chi connectivity index (χ1) is 50.7. The first-order valence-corrected chi connectivity index (χ1v) is 38.4. The highest BCUT2D eigenvalue weighted by Crippen LogP contribution is 2.42. The van der Waals surface area contributed by atoms with Gasteiger partial charge in [-0.15, -0.1) is 0 Å². The molecule has 0 saturated carbocycles. The molecule has 0 spiro atoms. The van der Waals surface area contributed by atoms with Crippen LogP contribution in [0.5, 0.6) is 0 Å². The number of carbonyl (C=O) groups is 8. The molecule has 616 valence electrons. The Morgan fingerprint density at radius 1 is 0.377 bits per heavy atom. The molecule has 0 bridgehead atoms. The van der Waals surface area contributed by atoms with Crippen molar-refractivity contribution in [2.75, 3.05) is 119 Å². The molecular weight excluding hydrogens is 1430 g/mol. The Kier molecular flexibility index (Phi) is 49.2. The molecule has 39 heteroatoms. The van der Waals surface area contributed by atoms with Crippen LogP contribution in [0, 0.1) is 0 Å². The molecule has 0 aliphatic carbocycles. The summed E-state index contributed by atoms with van der Waals surface area (Å²) in [4.78, 5) is 111. The molecule has 3 aliphatic rings. The molecule has 0 radical (unpaired) electrons. The fourth-order valence-electron chi connectivity index (χ4n) is 11.6. The summed E-state index contributed by atoms with van der Waals surface area (Å²) in [5, 5.41) is 113. The van der Waals surface area contributed by atoms with Crippen molar-refractivity contribution in [3.8, 4) is 0 Å². The van der Waals surface area contributed by atoms with Crippen LogP contribution in [0.25, 0.3) is 0 Å². The molecule has 106 heavy (non-hydrogen) atoms. The second-order valence-corrected chi connectivity index (χ2v) is 28.1. The Labute approximate surface area is 619 Å². The van der Waals surface area contributed by atoms with Gasteiger partial charge in [0.2, 0.25) is 47.3 Å². The molecule has 18 N–H and O–H groups in total. The summed E-state index contributed by atoms with van der Waals surface area (Å²) in [6.45, 7) is 2.71. The minimum atomic E-state index is -4.06. The van der Waals surface area contributed by atoms with Gasteiger partial charge in [0.05, 0.1) is 66.1 Å². The zero-order valence-electron chi connectivity index (χ0n) is 61.8. The molecule has 8 amide bonds. The van der Waals surface area contributed by atoms with E-state index in [9.17, 15) is 93.8 Å². The molecule has 3 heterocycles. The number of hydrogen-bond acceptors (Lipinski definition) is 29. The molecule has 38 nitrogen and oxygen atoms in total. The molecule has 3 fully saturated rings. The number of ether oxygens (including phenoxy) is 9. The number of unbranched alkanes of at least 4 members (excludes halogenated alkanes) is 12. The summed E-state index contributed by atoms with van der Waals surface area (Å²) in [7, 11) is -2.99. The highest BCUT2D eigenvalue weighted by atomic mass is 31.2. The number of amides is 8. The van der Waals surface area contributed by atoms with Crippen molar-refractivity contribution in [3.63, 3.8) is 0 Å². The number of hydrogen-bond donors (Lipinski definition) is 18. The molecule has 16 atom stereocenters. The standard InChI is InChI=1S/C67H123N8O30P/c1-44(79)72-55-61(90)58(87)47(38-76)103-64(55)99-31-17-9-5-13-28-69-51(83)24-35-96-41-67(75-54(86)23-21-22-50(82)68-27-16-8-12-20-34-102-106(93,94)95-4,42-97-36-25-52(84)70-29-14-6-10-18-32-100-65-56(73-45(2)80)62(91)59(88)48(39-77)104-65)43-98-37-26-53(85)71-30-15-7-11-19-33-101-66-57(74-46(3)81)63(92)60(89)49(40-78)105-66/h47-49,55-66,76-78,87-92H,5-43H2,1-4H3,(H,68,82)(H,69,83)(H,70,84)(H,71,85)(H,72,79)(H,73,80)(H,74,81)(H,75,86)(H,93,94)/t47-,48-,49-,55-,56-,57-,58+,59+,60+,61-,62-,63-,64-,65-,66-/m1/s1. The second-order valence-electron chi connectivity index (χ2n) is 26.5. The second kappa shape index (κ2) is 54.7. The maximum absolute atomic E-state index is 13.9. The summed E-state index contributed by atoms with van der Waals surface area (Å²) in [6.07, 6.45) is -5.55. The topological polar surface area (TPSA) is 554 Å². The van der Waals surface area contributed by atoms with Crippen LogP contribution in [0.1, 0.15) is 162 Å². The van der Waals surface area contributed by atoms with E-state index < -0.39 is 149 Å². The summed E-state index contributed by atoms with van der Waals surface area (Å²) < 4.78 is 73.2. The van der Waals surface area contributed by atoms with Crippen molar-refractivity contribution in [2.45, 2.75) is 259 Å². The van der Waals surface area contributed by atoms with Crippen LogP contribution < -0.4 is 42.5 Å². The van der Waals surface area contributed by atoms with E-state index in [1.54, 1.807) is 0 Å². The average molecular weight is 1550 g/mol. The Morgan fingerprint density at radius 2 is 0.660 bits per heavy atom. The first kappa shape index (κ1) is 95.4. The maximum Gasteiger partial charge on any atom is 0.471 e. The van der Waals surface area contributed by atoms with Gasteiger partial charge in [0.15, 0.2) is 18.9 Å². The van der Waals surface area contributed by atoms with Gasteiger partial charge in [-0.1, -0.05) is 51.4 Å². The van der Waals surface area contributed by atoms with E-state index in [2.05, 4.69) is 47.1 Å². The molecule has 3 rings (SSSR count). The highest BCUT2D eigenvalue weighted by molar-refractivity contribution is 7.47. The van der Waals surface area contributed by atoms with E-state index in [-0.39, 0.29) is 128 Å². The monoisotopic (exact) mass is 1550 g/mol. The smallest absolute Gasteiger partial charge is 0.394 e. The third kappa shape index (κ3) is 39.2. The molecule has 0 aromatic rings. The first-order valence-electron chi connectivity index (χ1n) is 36.9. The zero-order chi connectivity index (χ0) is 78.3. The number of phosphoric ester groups is 1. The average Bonchev–Trinajstić information content (AvgIpc) is 0.823. The molecule has 1 unspecified atom stereocenters. The Morgan fingerprint density at radius 3 is 0.953 bits per heavy atom. The van der Waals surface area contributed by atoms with Gasteiger partial charge >= 0.3 is 7.82 Å². The van der Waals surface area contributed by atoms with Crippen LogP contribution >= 0.6 is 7.82 Å². The van der Waals surface area contributed by atoms with Crippen molar-refractivity contribution in [1.82, 2.24) is 42.5 Å². The molecule has 0 aromatic carbocycles. The highest BCUT2D eigenvalue weighted by Gasteiger charge is 2.48. The van der Waals surface area contributed by atoms with E-state index in [1.807, 2.05) is 0 Å². The number of nitrogens with one attached hydrogen (secondary N) is 8. The van der Waals surface area contributed by atoms with E-state index in [0.29, 0.717) is 129 Å². The van der Waals surface area contributed by atoms with Gasteiger partial charge in [-0.3, -0.25) is 47.4 Å². The number of rotatable bonds is 59. The predicted octanol–water partition coefficient (Wildman–Crippen LogP) is -3.42. The fraction of sp³-hybridized carbons (Fsp3) is 0.881. The maximum atomic E-state index is 13.9. The predicted molar refractivity (Wildman–Crippen MR) is 374 cm³/mol. The summed E-state index contributed by atoms with van der Waals surface area (Å²) in [5.41, 5.74) is -1.47. The van der Waals surface area contributed by atoms with Crippen LogP contribution in [-0.4, -0.2) is 315 Å². The van der Waals surface area contributed by atoms with Crippen LogP contribution in [0.4, 0.5) is 0 Å². The lowest BCUT2D eigenvalue weighted by Gasteiger charge is -2.42. The van der Waals surface area contributed by atoms with Gasteiger partial charge in [-0.2, -0.15) is 0 Å².